The van der Waals surface area contributed by atoms with Gasteiger partial charge in [-0.1, -0.05) is 18.2 Å². The number of anilines is 1. The Morgan fingerprint density at radius 2 is 1.82 bits per heavy atom. The van der Waals surface area contributed by atoms with Crippen LogP contribution in [0.5, 0.6) is 0 Å². The number of carbonyl (C=O) groups excluding carboxylic acids is 2. The first-order chi connectivity index (χ1) is 13.3. The van der Waals surface area contributed by atoms with Crippen LogP contribution in [0.1, 0.15) is 27.6 Å². The Balaban J connectivity index is 1.73. The maximum atomic E-state index is 12.8. The molecule has 0 fully saturated rings. The topological polar surface area (TPSA) is 95.5 Å². The molecule has 0 radical (unpaired) electrons. The zero-order valence-electron chi connectivity index (χ0n) is 16.1. The Morgan fingerprint density at radius 1 is 1.14 bits per heavy atom. The number of esters is 1. The van der Waals surface area contributed by atoms with E-state index in [2.05, 4.69) is 5.32 Å². The van der Waals surface area contributed by atoms with Crippen LogP contribution in [-0.2, 0) is 16.6 Å². The van der Waals surface area contributed by atoms with E-state index < -0.39 is 18.5 Å². The molecule has 2 aromatic heterocycles. The number of hydrogen-bond acceptors (Lipinski definition) is 5. The Morgan fingerprint density at radius 3 is 2.43 bits per heavy atom. The second-order valence-corrected chi connectivity index (χ2v) is 6.39. The Labute approximate surface area is 161 Å². The van der Waals surface area contributed by atoms with Crippen LogP contribution in [0, 0.1) is 20.8 Å². The molecule has 1 amide bonds. The van der Waals surface area contributed by atoms with E-state index in [1.807, 2.05) is 18.2 Å². The van der Waals surface area contributed by atoms with E-state index >= 15 is 0 Å². The molecule has 0 unspecified atom stereocenters. The maximum absolute atomic E-state index is 12.8. The highest BCUT2D eigenvalue weighted by Gasteiger charge is 2.20. The lowest BCUT2D eigenvalue weighted by Crippen LogP contribution is -2.25. The molecule has 0 aliphatic heterocycles. The molecule has 0 atom stereocenters. The van der Waals surface area contributed by atoms with Crippen LogP contribution in [-0.4, -0.2) is 27.8 Å². The van der Waals surface area contributed by atoms with Crippen molar-refractivity contribution in [3.8, 4) is 5.69 Å². The minimum absolute atomic E-state index is 0.141. The number of hydrogen-bond donors (Lipinski definition) is 1. The smallest absolute Gasteiger partial charge is 0.342 e. The number of amides is 1. The molecule has 0 spiro atoms. The Bertz CT molecular complexity index is 1090. The van der Waals surface area contributed by atoms with Gasteiger partial charge in [0.2, 0.25) is 0 Å². The first kappa shape index (κ1) is 19.2. The molecule has 0 saturated carbocycles. The summed E-state index contributed by atoms with van der Waals surface area (Å²) >= 11 is 0. The lowest BCUT2D eigenvalue weighted by molar-refractivity contribution is -0.119. The van der Waals surface area contributed by atoms with Gasteiger partial charge in [-0.25, -0.2) is 9.48 Å². The number of para-hydroxylation sites is 1. The van der Waals surface area contributed by atoms with Crippen molar-refractivity contribution in [1.29, 1.82) is 0 Å². The summed E-state index contributed by atoms with van der Waals surface area (Å²) < 4.78 is 13.4. The second kappa shape index (κ2) is 7.59. The van der Waals surface area contributed by atoms with Crippen LogP contribution in [0.25, 0.3) is 5.69 Å². The van der Waals surface area contributed by atoms with Crippen molar-refractivity contribution < 1.29 is 18.7 Å². The van der Waals surface area contributed by atoms with Crippen LogP contribution >= 0.6 is 0 Å². The highest BCUT2D eigenvalue weighted by atomic mass is 16.5. The predicted molar refractivity (Wildman–Crippen MR) is 103 cm³/mol. The van der Waals surface area contributed by atoms with Crippen LogP contribution in [0.3, 0.4) is 0 Å². The summed E-state index contributed by atoms with van der Waals surface area (Å²) in [6, 6.07) is 10.6. The summed E-state index contributed by atoms with van der Waals surface area (Å²) in [6.07, 6.45) is 0. The molecule has 8 nitrogen and oxygen atoms in total. The number of carbonyl (C=O) groups is 2. The van der Waals surface area contributed by atoms with Crippen molar-refractivity contribution >= 4 is 17.6 Å². The van der Waals surface area contributed by atoms with Crippen LogP contribution < -0.4 is 10.9 Å². The first-order valence-electron chi connectivity index (χ1n) is 8.67. The fraction of sp³-hybridized carbons (Fsp3) is 0.250. The fourth-order valence-electron chi connectivity index (χ4n) is 2.93. The fourth-order valence-corrected chi connectivity index (χ4v) is 2.93. The van der Waals surface area contributed by atoms with Crippen LogP contribution in [0.2, 0.25) is 0 Å². The largest absolute Gasteiger partial charge is 0.466 e. The van der Waals surface area contributed by atoms with Crippen molar-refractivity contribution in [2.45, 2.75) is 20.8 Å². The van der Waals surface area contributed by atoms with Crippen molar-refractivity contribution in [2.75, 3.05) is 11.9 Å². The third-order valence-electron chi connectivity index (χ3n) is 4.41. The Hall–Kier alpha value is -3.55. The molecule has 3 aromatic rings. The van der Waals surface area contributed by atoms with E-state index in [1.54, 1.807) is 50.7 Å². The van der Waals surface area contributed by atoms with E-state index in [0.717, 1.165) is 0 Å². The highest BCUT2D eigenvalue weighted by Crippen LogP contribution is 2.16. The van der Waals surface area contributed by atoms with Crippen LogP contribution in [0.15, 0.2) is 45.6 Å². The maximum Gasteiger partial charge on any atom is 0.342 e. The number of aryl methyl sites for hydroxylation is 2. The predicted octanol–water partition coefficient (Wildman–Crippen LogP) is 2.49. The summed E-state index contributed by atoms with van der Waals surface area (Å²) in [5.74, 6) is -0.254. The molecule has 0 saturated heterocycles. The molecule has 8 heteroatoms. The van der Waals surface area contributed by atoms with Crippen molar-refractivity contribution in [2.24, 2.45) is 7.05 Å². The minimum Gasteiger partial charge on any atom is -0.466 e. The SMILES string of the molecule is Cc1cc(C(=O)OCC(=O)Nc2c(C)n(C)n(-c3ccccc3)c2=O)c(C)o1. The van der Waals surface area contributed by atoms with Gasteiger partial charge in [0, 0.05) is 7.05 Å². The normalized spacial score (nSPS) is 10.7. The number of rotatable bonds is 5. The molecular weight excluding hydrogens is 362 g/mol. The molecule has 2 heterocycles. The van der Waals surface area contributed by atoms with Crippen LogP contribution in [0.4, 0.5) is 5.69 Å². The van der Waals surface area contributed by atoms with Gasteiger partial charge in [-0.15, -0.1) is 0 Å². The zero-order valence-corrected chi connectivity index (χ0v) is 16.1. The van der Waals surface area contributed by atoms with Crippen molar-refractivity contribution in [1.82, 2.24) is 9.36 Å². The minimum atomic E-state index is -0.656. The molecule has 0 aliphatic rings. The van der Waals surface area contributed by atoms with Gasteiger partial charge in [-0.2, -0.15) is 0 Å². The summed E-state index contributed by atoms with van der Waals surface area (Å²) in [5, 5.41) is 2.54. The van der Waals surface area contributed by atoms with E-state index in [9.17, 15) is 14.4 Å². The lowest BCUT2D eigenvalue weighted by Gasteiger charge is -2.07. The van der Waals surface area contributed by atoms with Gasteiger partial charge < -0.3 is 14.5 Å². The van der Waals surface area contributed by atoms with Crippen molar-refractivity contribution in [3.05, 3.63) is 69.5 Å². The molecule has 146 valence electrons. The monoisotopic (exact) mass is 383 g/mol. The van der Waals surface area contributed by atoms with Gasteiger partial charge in [0.15, 0.2) is 6.61 Å². The summed E-state index contributed by atoms with van der Waals surface area (Å²) in [7, 11) is 1.73. The number of ether oxygens (including phenoxy) is 1. The number of aromatic nitrogens is 2. The van der Waals surface area contributed by atoms with E-state index in [4.69, 9.17) is 9.15 Å². The summed E-state index contributed by atoms with van der Waals surface area (Å²) in [5.41, 5.74) is 1.30. The standard InChI is InChI=1S/C20H21N3O5/c1-12-10-16(14(3)28-12)20(26)27-11-17(24)21-18-13(2)22(4)23(19(18)25)15-8-6-5-7-9-15/h5-10H,11H2,1-4H3,(H,21,24). The molecule has 0 aliphatic carbocycles. The third kappa shape index (κ3) is 3.62. The molecule has 3 rings (SSSR count). The van der Waals surface area contributed by atoms with Gasteiger partial charge in [-0.3, -0.25) is 14.3 Å². The zero-order chi connectivity index (χ0) is 20.4. The third-order valence-corrected chi connectivity index (χ3v) is 4.41. The quantitative estimate of drug-likeness (QED) is 0.683. The van der Waals surface area contributed by atoms with Gasteiger partial charge in [-0.05, 0) is 39.0 Å². The average Bonchev–Trinajstić information content (AvgIpc) is 3.11. The van der Waals surface area contributed by atoms with Gasteiger partial charge in [0.25, 0.3) is 11.5 Å². The average molecular weight is 383 g/mol. The number of benzene rings is 1. The molecular formula is C20H21N3O5. The van der Waals surface area contributed by atoms with E-state index in [1.165, 1.54) is 4.68 Å². The lowest BCUT2D eigenvalue weighted by atomic mass is 10.2. The van der Waals surface area contributed by atoms with E-state index in [0.29, 0.717) is 22.9 Å². The number of furan rings is 1. The molecule has 0 bridgehead atoms. The summed E-state index contributed by atoms with van der Waals surface area (Å²) in [6.45, 7) is 4.57. The number of nitrogens with one attached hydrogen (secondary N) is 1. The molecule has 1 N–H and O–H groups in total. The van der Waals surface area contributed by atoms with Gasteiger partial charge >= 0.3 is 5.97 Å². The van der Waals surface area contributed by atoms with Crippen molar-refractivity contribution in [3.63, 3.8) is 0 Å². The summed E-state index contributed by atoms with van der Waals surface area (Å²) in [4.78, 5) is 37.1. The van der Waals surface area contributed by atoms with Gasteiger partial charge in [0.1, 0.15) is 22.8 Å². The second-order valence-electron chi connectivity index (χ2n) is 6.39. The van der Waals surface area contributed by atoms with Gasteiger partial charge in [0.05, 0.1) is 11.4 Å². The number of nitrogens with zero attached hydrogens (tertiary/aromatic N) is 2. The Kier molecular flexibility index (Phi) is 5.21. The van der Waals surface area contributed by atoms with E-state index in [-0.39, 0.29) is 16.8 Å². The highest BCUT2D eigenvalue weighted by molar-refractivity contribution is 5.96. The molecule has 1 aromatic carbocycles. The first-order valence-corrected chi connectivity index (χ1v) is 8.67. The molecule has 28 heavy (non-hydrogen) atoms.